The number of anilines is 2. The summed E-state index contributed by atoms with van der Waals surface area (Å²) in [6.45, 7) is 7.23. The zero-order valence-electron chi connectivity index (χ0n) is 14.8. The Hall–Kier alpha value is -2.69. The Morgan fingerprint density at radius 1 is 0.960 bits per heavy atom. The van der Waals surface area contributed by atoms with E-state index in [2.05, 4.69) is 36.2 Å². The number of phenols is 1. The maximum atomic E-state index is 12.4. The molecule has 0 bridgehead atoms. The Morgan fingerprint density at radius 2 is 1.56 bits per heavy atom. The molecular formula is C20H25N3O2. The van der Waals surface area contributed by atoms with Crippen LogP contribution in [0.2, 0.25) is 0 Å². The van der Waals surface area contributed by atoms with E-state index in [0.29, 0.717) is 19.0 Å². The lowest BCUT2D eigenvalue weighted by molar-refractivity contribution is 0.208. The first-order chi connectivity index (χ1) is 12.0. The van der Waals surface area contributed by atoms with Crippen LogP contribution in [0, 0.1) is 0 Å². The first-order valence-electron chi connectivity index (χ1n) is 8.73. The number of hydrogen-bond acceptors (Lipinski definition) is 3. The smallest absolute Gasteiger partial charge is 0.321 e. The van der Waals surface area contributed by atoms with Gasteiger partial charge in [-0.05, 0) is 47.9 Å². The van der Waals surface area contributed by atoms with E-state index in [1.165, 1.54) is 5.56 Å². The molecule has 1 fully saturated rings. The van der Waals surface area contributed by atoms with Crippen LogP contribution in [0.4, 0.5) is 16.2 Å². The third kappa shape index (κ3) is 4.24. The van der Waals surface area contributed by atoms with Crippen molar-refractivity contribution in [3.8, 4) is 5.75 Å². The molecule has 0 aromatic heterocycles. The van der Waals surface area contributed by atoms with Gasteiger partial charge in [0.15, 0.2) is 0 Å². The molecule has 1 saturated heterocycles. The van der Waals surface area contributed by atoms with E-state index in [1.54, 1.807) is 12.1 Å². The van der Waals surface area contributed by atoms with Gasteiger partial charge in [-0.1, -0.05) is 26.0 Å². The summed E-state index contributed by atoms with van der Waals surface area (Å²) in [5, 5.41) is 12.4. The van der Waals surface area contributed by atoms with Crippen molar-refractivity contribution < 1.29 is 9.90 Å². The highest BCUT2D eigenvalue weighted by Crippen LogP contribution is 2.21. The summed E-state index contributed by atoms with van der Waals surface area (Å²) < 4.78 is 0. The zero-order chi connectivity index (χ0) is 17.8. The van der Waals surface area contributed by atoms with Crippen LogP contribution in [0.25, 0.3) is 0 Å². The van der Waals surface area contributed by atoms with Crippen LogP contribution < -0.4 is 10.2 Å². The first-order valence-corrected chi connectivity index (χ1v) is 8.73. The van der Waals surface area contributed by atoms with Crippen LogP contribution >= 0.6 is 0 Å². The molecule has 3 rings (SSSR count). The lowest BCUT2D eigenvalue weighted by Gasteiger charge is -2.36. The predicted molar refractivity (Wildman–Crippen MR) is 101 cm³/mol. The normalized spacial score (nSPS) is 14.7. The molecule has 0 spiro atoms. The van der Waals surface area contributed by atoms with Gasteiger partial charge in [0.05, 0.1) is 0 Å². The number of aromatic hydroxyl groups is 1. The highest BCUT2D eigenvalue weighted by molar-refractivity contribution is 5.89. The number of piperazine rings is 1. The highest BCUT2D eigenvalue weighted by atomic mass is 16.3. The molecule has 132 valence electrons. The van der Waals surface area contributed by atoms with E-state index >= 15 is 0 Å². The highest BCUT2D eigenvalue weighted by Gasteiger charge is 2.21. The number of phenolic OH excluding ortho intramolecular Hbond substituents is 1. The third-order valence-electron chi connectivity index (χ3n) is 4.61. The second-order valence-corrected chi connectivity index (χ2v) is 6.70. The number of carbonyl (C=O) groups is 1. The van der Waals surface area contributed by atoms with Crippen molar-refractivity contribution in [1.29, 1.82) is 0 Å². The molecule has 2 amide bonds. The van der Waals surface area contributed by atoms with Crippen LogP contribution in [-0.4, -0.2) is 42.2 Å². The molecule has 5 heteroatoms. The summed E-state index contributed by atoms with van der Waals surface area (Å²) >= 11 is 0. The number of hydrogen-bond donors (Lipinski definition) is 2. The molecule has 1 aliphatic heterocycles. The van der Waals surface area contributed by atoms with Crippen LogP contribution in [0.5, 0.6) is 5.75 Å². The third-order valence-corrected chi connectivity index (χ3v) is 4.61. The number of urea groups is 1. The van der Waals surface area contributed by atoms with Crippen molar-refractivity contribution in [2.75, 3.05) is 36.4 Å². The maximum absolute atomic E-state index is 12.4. The number of nitrogens with one attached hydrogen (secondary N) is 1. The second kappa shape index (κ2) is 7.47. The van der Waals surface area contributed by atoms with Gasteiger partial charge in [0, 0.05) is 37.6 Å². The topological polar surface area (TPSA) is 55.8 Å². The van der Waals surface area contributed by atoms with Crippen molar-refractivity contribution in [3.05, 3.63) is 54.1 Å². The summed E-state index contributed by atoms with van der Waals surface area (Å²) in [5.41, 5.74) is 3.16. The fourth-order valence-corrected chi connectivity index (χ4v) is 2.99. The molecule has 1 heterocycles. The molecule has 0 atom stereocenters. The van der Waals surface area contributed by atoms with Crippen molar-refractivity contribution >= 4 is 17.4 Å². The summed E-state index contributed by atoms with van der Waals surface area (Å²) in [7, 11) is 0. The van der Waals surface area contributed by atoms with Gasteiger partial charge in [0.25, 0.3) is 0 Å². The van der Waals surface area contributed by atoms with Gasteiger partial charge in [-0.3, -0.25) is 0 Å². The standard InChI is InChI=1S/C20H25N3O2/c1-15(2)16-3-5-17(6-4-16)21-20(25)23-13-11-22(12-14-23)18-7-9-19(24)10-8-18/h3-10,15,24H,11-14H2,1-2H3,(H,21,25). The fraction of sp³-hybridized carbons (Fsp3) is 0.350. The van der Waals surface area contributed by atoms with Crippen molar-refractivity contribution in [3.63, 3.8) is 0 Å². The summed E-state index contributed by atoms with van der Waals surface area (Å²) in [5.74, 6) is 0.753. The fourth-order valence-electron chi connectivity index (χ4n) is 2.99. The van der Waals surface area contributed by atoms with Crippen molar-refractivity contribution in [1.82, 2.24) is 4.90 Å². The van der Waals surface area contributed by atoms with E-state index in [0.717, 1.165) is 24.5 Å². The largest absolute Gasteiger partial charge is 0.508 e. The number of benzene rings is 2. The van der Waals surface area contributed by atoms with Crippen LogP contribution in [-0.2, 0) is 0 Å². The molecule has 0 aliphatic carbocycles. The van der Waals surface area contributed by atoms with Crippen molar-refractivity contribution in [2.24, 2.45) is 0 Å². The van der Waals surface area contributed by atoms with E-state index in [4.69, 9.17) is 0 Å². The molecule has 1 aliphatic rings. The lowest BCUT2D eigenvalue weighted by Crippen LogP contribution is -2.50. The first kappa shape index (κ1) is 17.1. The summed E-state index contributed by atoms with van der Waals surface area (Å²) in [6, 6.07) is 15.2. The van der Waals surface area contributed by atoms with E-state index in [-0.39, 0.29) is 11.8 Å². The van der Waals surface area contributed by atoms with Gasteiger partial charge in [0.2, 0.25) is 0 Å². The van der Waals surface area contributed by atoms with E-state index in [1.807, 2.05) is 29.2 Å². The minimum Gasteiger partial charge on any atom is -0.508 e. The van der Waals surface area contributed by atoms with Crippen LogP contribution in [0.1, 0.15) is 25.3 Å². The lowest BCUT2D eigenvalue weighted by atomic mass is 10.0. The molecule has 2 aromatic carbocycles. The molecule has 5 nitrogen and oxygen atoms in total. The second-order valence-electron chi connectivity index (χ2n) is 6.70. The number of nitrogens with zero attached hydrogens (tertiary/aromatic N) is 2. The van der Waals surface area contributed by atoms with Crippen LogP contribution in [0.15, 0.2) is 48.5 Å². The summed E-state index contributed by atoms with van der Waals surface area (Å²) in [6.07, 6.45) is 0. The molecule has 0 saturated carbocycles. The van der Waals surface area contributed by atoms with Crippen molar-refractivity contribution in [2.45, 2.75) is 19.8 Å². The van der Waals surface area contributed by atoms with E-state index < -0.39 is 0 Å². The molecular weight excluding hydrogens is 314 g/mol. The zero-order valence-corrected chi connectivity index (χ0v) is 14.8. The molecule has 2 aromatic rings. The monoisotopic (exact) mass is 339 g/mol. The minimum absolute atomic E-state index is 0.0531. The molecule has 25 heavy (non-hydrogen) atoms. The van der Waals surface area contributed by atoms with Crippen LogP contribution in [0.3, 0.4) is 0 Å². The number of amides is 2. The molecule has 0 radical (unpaired) electrons. The Kier molecular flexibility index (Phi) is 5.12. The van der Waals surface area contributed by atoms with Gasteiger partial charge in [-0.2, -0.15) is 0 Å². The van der Waals surface area contributed by atoms with Gasteiger partial charge >= 0.3 is 6.03 Å². The van der Waals surface area contributed by atoms with Gasteiger partial charge in [-0.15, -0.1) is 0 Å². The van der Waals surface area contributed by atoms with E-state index in [9.17, 15) is 9.90 Å². The SMILES string of the molecule is CC(C)c1ccc(NC(=O)N2CCN(c3ccc(O)cc3)CC2)cc1. The predicted octanol–water partition coefficient (Wildman–Crippen LogP) is 3.87. The average molecular weight is 339 g/mol. The summed E-state index contributed by atoms with van der Waals surface area (Å²) in [4.78, 5) is 16.5. The number of rotatable bonds is 3. The Labute approximate surface area is 148 Å². The Bertz CT molecular complexity index is 703. The van der Waals surface area contributed by atoms with Gasteiger partial charge in [0.1, 0.15) is 5.75 Å². The van der Waals surface area contributed by atoms with Gasteiger partial charge < -0.3 is 20.2 Å². The molecule has 0 unspecified atom stereocenters. The molecule has 2 N–H and O–H groups in total. The number of carbonyl (C=O) groups excluding carboxylic acids is 1. The minimum atomic E-state index is -0.0531. The Morgan fingerprint density at radius 3 is 2.12 bits per heavy atom. The van der Waals surface area contributed by atoms with Gasteiger partial charge in [-0.25, -0.2) is 4.79 Å². The Balaban J connectivity index is 1.53. The average Bonchev–Trinajstić information content (AvgIpc) is 2.63. The quantitative estimate of drug-likeness (QED) is 0.892. The maximum Gasteiger partial charge on any atom is 0.321 e.